The van der Waals surface area contributed by atoms with Crippen molar-refractivity contribution in [3.8, 4) is 0 Å². The molecule has 0 aliphatic carbocycles. The first-order valence-corrected chi connectivity index (χ1v) is 7.41. The van der Waals surface area contributed by atoms with E-state index < -0.39 is 8.24 Å². The predicted octanol–water partition coefficient (Wildman–Crippen LogP) is 2.72. The van der Waals surface area contributed by atoms with Crippen LogP contribution in [0.1, 0.15) is 19.8 Å². The highest BCUT2D eigenvalue weighted by Crippen LogP contribution is 2.03. The molecule has 1 N–H and O–H groups in total. The highest BCUT2D eigenvalue weighted by molar-refractivity contribution is 6.74. The molecule has 0 aromatic rings. The van der Waals surface area contributed by atoms with Crippen molar-refractivity contribution >= 4 is 8.24 Å². The molecule has 0 amide bonds. The highest BCUT2D eigenvalue weighted by Gasteiger charge is 2.12. The second-order valence-corrected chi connectivity index (χ2v) is 8.48. The van der Waals surface area contributed by atoms with Crippen LogP contribution in [0.15, 0.2) is 12.3 Å². The summed E-state index contributed by atoms with van der Waals surface area (Å²) in [5.74, 6) is 0. The zero-order valence-electron chi connectivity index (χ0n) is 7.62. The van der Waals surface area contributed by atoms with Crippen LogP contribution >= 0.6 is 0 Å². The lowest BCUT2D eigenvalue weighted by Gasteiger charge is -2.20. The van der Waals surface area contributed by atoms with Crippen LogP contribution in [0.5, 0.6) is 0 Å². The van der Waals surface area contributed by atoms with Gasteiger partial charge in [-0.1, -0.05) is 39.6 Å². The summed E-state index contributed by atoms with van der Waals surface area (Å²) < 4.78 is 0. The van der Waals surface area contributed by atoms with E-state index in [0.717, 1.165) is 6.42 Å². The van der Waals surface area contributed by atoms with Gasteiger partial charge < -0.3 is 4.98 Å². The average molecular weight is 157 g/mol. The third-order valence-electron chi connectivity index (χ3n) is 1.10. The molecule has 0 aromatic carbocycles. The Balaban J connectivity index is 3.58. The van der Waals surface area contributed by atoms with Gasteiger partial charge in [0, 0.05) is 0 Å². The van der Waals surface area contributed by atoms with Gasteiger partial charge in [-0.2, -0.15) is 0 Å². The Morgan fingerprint density at radius 1 is 1.40 bits per heavy atom. The van der Waals surface area contributed by atoms with Crippen LogP contribution in [0, 0.1) is 0 Å². The molecule has 0 saturated heterocycles. The largest absolute Gasteiger partial charge is 0.414 e. The van der Waals surface area contributed by atoms with Crippen molar-refractivity contribution in [3.05, 3.63) is 12.3 Å². The standard InChI is InChI=1S/C8H19NSi/c1-6-7-8(2)9-10(3,4)5/h9H,2,6-7H2,1,3-5H3. The smallest absolute Gasteiger partial charge is 0.143 e. The Bertz CT molecular complexity index is 113. The van der Waals surface area contributed by atoms with Crippen molar-refractivity contribution in [2.24, 2.45) is 0 Å². The maximum Gasteiger partial charge on any atom is 0.143 e. The molecule has 60 valence electrons. The molecule has 0 spiro atoms. The second kappa shape index (κ2) is 3.81. The average Bonchev–Trinajstić information content (AvgIpc) is 1.59. The Morgan fingerprint density at radius 3 is 2.20 bits per heavy atom. The van der Waals surface area contributed by atoms with Gasteiger partial charge in [0.2, 0.25) is 0 Å². The van der Waals surface area contributed by atoms with Crippen LogP contribution in [0.2, 0.25) is 19.6 Å². The van der Waals surface area contributed by atoms with Crippen molar-refractivity contribution in [3.63, 3.8) is 0 Å². The van der Waals surface area contributed by atoms with E-state index in [1.807, 2.05) is 0 Å². The minimum absolute atomic E-state index is 1.11. The first-order valence-electron chi connectivity index (χ1n) is 3.91. The molecule has 0 bridgehead atoms. The molecular formula is C8H19NSi. The van der Waals surface area contributed by atoms with Crippen molar-refractivity contribution in [1.82, 2.24) is 4.98 Å². The quantitative estimate of drug-likeness (QED) is 0.619. The van der Waals surface area contributed by atoms with Gasteiger partial charge in [-0.25, -0.2) is 0 Å². The fourth-order valence-corrected chi connectivity index (χ4v) is 2.08. The molecular weight excluding hydrogens is 138 g/mol. The first-order chi connectivity index (χ1) is 4.45. The van der Waals surface area contributed by atoms with Gasteiger partial charge in [0.1, 0.15) is 8.24 Å². The molecule has 0 saturated carbocycles. The van der Waals surface area contributed by atoms with Crippen LogP contribution in [0.4, 0.5) is 0 Å². The summed E-state index contributed by atoms with van der Waals surface area (Å²) in [6.45, 7) is 13.0. The summed E-state index contributed by atoms with van der Waals surface area (Å²) in [6.07, 6.45) is 2.31. The van der Waals surface area contributed by atoms with Gasteiger partial charge in [-0.15, -0.1) is 0 Å². The highest BCUT2D eigenvalue weighted by atomic mass is 28.3. The fourth-order valence-electron chi connectivity index (χ4n) is 0.895. The molecule has 0 fully saturated rings. The van der Waals surface area contributed by atoms with Crippen LogP contribution in [-0.2, 0) is 0 Å². The lowest BCUT2D eigenvalue weighted by atomic mass is 10.3. The minimum atomic E-state index is -1.11. The molecule has 0 heterocycles. The van der Waals surface area contributed by atoms with Gasteiger partial charge in [0.15, 0.2) is 0 Å². The summed E-state index contributed by atoms with van der Waals surface area (Å²) in [7, 11) is -1.11. The molecule has 0 unspecified atom stereocenters. The first kappa shape index (κ1) is 9.76. The van der Waals surface area contributed by atoms with Crippen molar-refractivity contribution in [2.75, 3.05) is 0 Å². The Kier molecular flexibility index (Phi) is 3.72. The molecule has 0 rings (SSSR count). The summed E-state index contributed by atoms with van der Waals surface area (Å²) in [4.78, 5) is 3.46. The molecule has 10 heavy (non-hydrogen) atoms. The zero-order chi connectivity index (χ0) is 8.20. The second-order valence-electron chi connectivity index (χ2n) is 3.73. The zero-order valence-corrected chi connectivity index (χ0v) is 8.62. The molecule has 0 aliphatic rings. The maximum atomic E-state index is 3.95. The van der Waals surface area contributed by atoms with E-state index in [2.05, 4.69) is 38.1 Å². The monoisotopic (exact) mass is 157 g/mol. The van der Waals surface area contributed by atoms with Gasteiger partial charge in [-0.05, 0) is 12.1 Å². The van der Waals surface area contributed by atoms with E-state index in [9.17, 15) is 0 Å². The summed E-state index contributed by atoms with van der Waals surface area (Å²) in [5.41, 5.74) is 1.21. The summed E-state index contributed by atoms with van der Waals surface area (Å²) in [6, 6.07) is 0. The van der Waals surface area contributed by atoms with E-state index in [1.54, 1.807) is 0 Å². The van der Waals surface area contributed by atoms with Gasteiger partial charge >= 0.3 is 0 Å². The van der Waals surface area contributed by atoms with Crippen LogP contribution in [0.25, 0.3) is 0 Å². The normalized spacial score (nSPS) is 11.2. The maximum absolute atomic E-state index is 3.95. The summed E-state index contributed by atoms with van der Waals surface area (Å²) in [5, 5.41) is 0. The molecule has 0 aliphatic heterocycles. The van der Waals surface area contributed by atoms with Gasteiger partial charge in [-0.3, -0.25) is 0 Å². The molecule has 2 heteroatoms. The molecule has 0 atom stereocenters. The number of nitrogens with one attached hydrogen (secondary N) is 1. The van der Waals surface area contributed by atoms with E-state index in [0.29, 0.717) is 0 Å². The van der Waals surface area contributed by atoms with Crippen LogP contribution in [0.3, 0.4) is 0 Å². The third-order valence-corrected chi connectivity index (χ3v) is 2.21. The molecule has 0 aromatic heterocycles. The lowest BCUT2D eigenvalue weighted by molar-refractivity contribution is 0.860. The number of hydrogen-bond donors (Lipinski definition) is 1. The van der Waals surface area contributed by atoms with Crippen LogP contribution in [-0.4, -0.2) is 8.24 Å². The minimum Gasteiger partial charge on any atom is -0.414 e. The van der Waals surface area contributed by atoms with Crippen molar-refractivity contribution < 1.29 is 0 Å². The SMILES string of the molecule is C=C(CCC)N[Si](C)(C)C. The van der Waals surface area contributed by atoms with Gasteiger partial charge in [0.25, 0.3) is 0 Å². The van der Waals surface area contributed by atoms with E-state index in [-0.39, 0.29) is 0 Å². The Morgan fingerprint density at radius 2 is 1.90 bits per heavy atom. The number of hydrogen-bond acceptors (Lipinski definition) is 1. The van der Waals surface area contributed by atoms with E-state index in [1.165, 1.54) is 12.1 Å². The Labute approximate surface area is 65.6 Å². The number of allylic oxidation sites excluding steroid dienone is 1. The Hall–Kier alpha value is -0.243. The fraction of sp³-hybridized carbons (Fsp3) is 0.750. The third kappa shape index (κ3) is 5.89. The summed E-state index contributed by atoms with van der Waals surface area (Å²) >= 11 is 0. The molecule has 1 nitrogen and oxygen atoms in total. The van der Waals surface area contributed by atoms with Crippen molar-refractivity contribution in [1.29, 1.82) is 0 Å². The van der Waals surface area contributed by atoms with E-state index in [4.69, 9.17) is 0 Å². The van der Waals surface area contributed by atoms with E-state index >= 15 is 0 Å². The van der Waals surface area contributed by atoms with Crippen LogP contribution < -0.4 is 4.98 Å². The predicted molar refractivity (Wildman–Crippen MR) is 50.5 cm³/mol. The van der Waals surface area contributed by atoms with Crippen molar-refractivity contribution in [2.45, 2.75) is 39.4 Å². The topological polar surface area (TPSA) is 12.0 Å². The molecule has 0 radical (unpaired) electrons. The van der Waals surface area contributed by atoms with Gasteiger partial charge in [0.05, 0.1) is 0 Å². The number of rotatable bonds is 4. The lowest BCUT2D eigenvalue weighted by Crippen LogP contribution is -2.40.